The largest absolute Gasteiger partial charge is 0.465 e. The maximum absolute atomic E-state index is 12.2. The lowest BCUT2D eigenvalue weighted by atomic mass is 10.2. The predicted octanol–water partition coefficient (Wildman–Crippen LogP) is 2.69. The fourth-order valence-electron chi connectivity index (χ4n) is 2.52. The molecular formula is C17H20N4O3S. The number of ether oxygens (including phenoxy) is 1. The van der Waals surface area contributed by atoms with Crippen LogP contribution in [0.25, 0.3) is 0 Å². The summed E-state index contributed by atoms with van der Waals surface area (Å²) in [6.07, 6.45) is 2.33. The molecule has 1 heterocycles. The molecule has 8 heteroatoms. The molecule has 1 amide bonds. The number of methoxy groups -OCH3 is 1. The second kappa shape index (κ2) is 7.69. The lowest BCUT2D eigenvalue weighted by molar-refractivity contribution is -0.113. The van der Waals surface area contributed by atoms with Crippen molar-refractivity contribution < 1.29 is 14.3 Å². The van der Waals surface area contributed by atoms with E-state index in [1.54, 1.807) is 24.3 Å². The maximum Gasteiger partial charge on any atom is 0.337 e. The molecular weight excluding hydrogens is 340 g/mol. The second-order valence-electron chi connectivity index (χ2n) is 5.77. The summed E-state index contributed by atoms with van der Waals surface area (Å²) in [4.78, 5) is 23.7. The van der Waals surface area contributed by atoms with Crippen LogP contribution in [0.3, 0.4) is 0 Å². The van der Waals surface area contributed by atoms with Crippen LogP contribution in [-0.2, 0) is 16.1 Å². The van der Waals surface area contributed by atoms with Crippen LogP contribution in [0, 0.1) is 0 Å². The molecule has 0 aliphatic heterocycles. The van der Waals surface area contributed by atoms with Gasteiger partial charge in [-0.05, 0) is 38.0 Å². The van der Waals surface area contributed by atoms with Gasteiger partial charge in [-0.15, -0.1) is 10.2 Å². The Morgan fingerprint density at radius 3 is 2.84 bits per heavy atom. The van der Waals surface area contributed by atoms with Gasteiger partial charge in [0.2, 0.25) is 5.91 Å². The Hall–Kier alpha value is -2.35. The average Bonchev–Trinajstić information content (AvgIpc) is 3.39. The van der Waals surface area contributed by atoms with Crippen molar-refractivity contribution in [3.63, 3.8) is 0 Å². The number of thioether (sulfide) groups is 1. The molecule has 0 atom stereocenters. The lowest BCUT2D eigenvalue weighted by Crippen LogP contribution is -2.15. The first-order valence-corrected chi connectivity index (χ1v) is 9.15. The van der Waals surface area contributed by atoms with Crippen LogP contribution in [0.2, 0.25) is 0 Å². The average molecular weight is 360 g/mol. The second-order valence-corrected chi connectivity index (χ2v) is 6.71. The summed E-state index contributed by atoms with van der Waals surface area (Å²) in [5.41, 5.74) is 0.955. The van der Waals surface area contributed by atoms with Gasteiger partial charge in [-0.3, -0.25) is 4.79 Å². The third-order valence-corrected chi connectivity index (χ3v) is 4.87. The van der Waals surface area contributed by atoms with Crippen LogP contribution in [-0.4, -0.2) is 39.5 Å². The minimum absolute atomic E-state index is 0.161. The van der Waals surface area contributed by atoms with Crippen molar-refractivity contribution >= 4 is 29.3 Å². The van der Waals surface area contributed by atoms with Crippen LogP contribution >= 0.6 is 11.8 Å². The van der Waals surface area contributed by atoms with E-state index in [1.165, 1.54) is 31.7 Å². The molecule has 132 valence electrons. The molecule has 25 heavy (non-hydrogen) atoms. The Labute approximate surface area is 150 Å². The molecule has 1 saturated carbocycles. The van der Waals surface area contributed by atoms with E-state index in [0.717, 1.165) is 17.5 Å². The summed E-state index contributed by atoms with van der Waals surface area (Å²) in [6.45, 7) is 2.85. The fourth-order valence-corrected chi connectivity index (χ4v) is 3.33. The molecule has 0 unspecified atom stereocenters. The number of hydrogen-bond acceptors (Lipinski definition) is 6. The highest BCUT2D eigenvalue weighted by Crippen LogP contribution is 2.39. The van der Waals surface area contributed by atoms with Crippen molar-refractivity contribution in [3.8, 4) is 0 Å². The van der Waals surface area contributed by atoms with Crippen molar-refractivity contribution in [1.29, 1.82) is 0 Å². The summed E-state index contributed by atoms with van der Waals surface area (Å²) in [7, 11) is 1.32. The van der Waals surface area contributed by atoms with Gasteiger partial charge in [-0.2, -0.15) is 0 Å². The van der Waals surface area contributed by atoms with Crippen molar-refractivity contribution in [2.24, 2.45) is 0 Å². The molecule has 7 nitrogen and oxygen atoms in total. The smallest absolute Gasteiger partial charge is 0.337 e. The van der Waals surface area contributed by atoms with Crippen molar-refractivity contribution in [2.45, 2.75) is 37.4 Å². The van der Waals surface area contributed by atoms with Crippen molar-refractivity contribution in [1.82, 2.24) is 14.8 Å². The van der Waals surface area contributed by atoms with Crippen LogP contribution in [0.15, 0.2) is 29.4 Å². The molecule has 0 spiro atoms. The number of aromatic nitrogens is 3. The number of nitrogens with zero attached hydrogens (tertiary/aromatic N) is 3. The van der Waals surface area contributed by atoms with Gasteiger partial charge in [0, 0.05) is 18.2 Å². The summed E-state index contributed by atoms with van der Waals surface area (Å²) in [5, 5.41) is 12.0. The van der Waals surface area contributed by atoms with Gasteiger partial charge in [-0.1, -0.05) is 17.8 Å². The Morgan fingerprint density at radius 1 is 1.36 bits per heavy atom. The molecule has 1 aromatic carbocycles. The SMILES string of the molecule is CCn1c(SCC(=O)Nc2cccc(C(=O)OC)c2)nnc1C1CC1. The van der Waals surface area contributed by atoms with Gasteiger partial charge in [0.05, 0.1) is 18.4 Å². The van der Waals surface area contributed by atoms with Crippen molar-refractivity contribution in [2.75, 3.05) is 18.2 Å². The van der Waals surface area contributed by atoms with E-state index in [2.05, 4.69) is 31.7 Å². The van der Waals surface area contributed by atoms with Gasteiger partial charge in [0.25, 0.3) is 0 Å². The number of hydrogen-bond donors (Lipinski definition) is 1. The zero-order chi connectivity index (χ0) is 17.8. The number of carbonyl (C=O) groups excluding carboxylic acids is 2. The number of rotatable bonds is 7. The zero-order valence-corrected chi connectivity index (χ0v) is 15.0. The van der Waals surface area contributed by atoms with Gasteiger partial charge >= 0.3 is 5.97 Å². The molecule has 1 aliphatic rings. The molecule has 0 radical (unpaired) electrons. The van der Waals surface area contributed by atoms with E-state index in [1.807, 2.05) is 0 Å². The topological polar surface area (TPSA) is 86.1 Å². The maximum atomic E-state index is 12.2. The Bertz CT molecular complexity index is 786. The first-order chi connectivity index (χ1) is 12.1. The molecule has 0 saturated heterocycles. The van der Waals surface area contributed by atoms with Crippen LogP contribution in [0.5, 0.6) is 0 Å². The number of esters is 1. The van der Waals surface area contributed by atoms with Crippen LogP contribution < -0.4 is 5.32 Å². The highest BCUT2D eigenvalue weighted by molar-refractivity contribution is 7.99. The highest BCUT2D eigenvalue weighted by Gasteiger charge is 2.30. The van der Waals surface area contributed by atoms with Gasteiger partial charge in [0.1, 0.15) is 5.82 Å². The molecule has 1 aliphatic carbocycles. The van der Waals surface area contributed by atoms with Crippen LogP contribution in [0.4, 0.5) is 5.69 Å². The Balaban J connectivity index is 1.59. The number of anilines is 1. The zero-order valence-electron chi connectivity index (χ0n) is 14.2. The standard InChI is InChI=1S/C17H20N4O3S/c1-3-21-15(11-7-8-11)19-20-17(21)25-10-14(22)18-13-6-4-5-12(9-13)16(23)24-2/h4-6,9,11H,3,7-8,10H2,1-2H3,(H,18,22). The fraction of sp³-hybridized carbons (Fsp3) is 0.412. The number of amides is 1. The molecule has 1 aromatic heterocycles. The lowest BCUT2D eigenvalue weighted by Gasteiger charge is -2.08. The number of benzene rings is 1. The molecule has 1 N–H and O–H groups in total. The molecule has 3 rings (SSSR count). The van der Waals surface area contributed by atoms with E-state index in [-0.39, 0.29) is 11.7 Å². The third-order valence-electron chi connectivity index (χ3n) is 3.90. The van der Waals surface area contributed by atoms with Crippen molar-refractivity contribution in [3.05, 3.63) is 35.7 Å². The molecule has 1 fully saturated rings. The highest BCUT2D eigenvalue weighted by atomic mass is 32.2. The summed E-state index contributed by atoms with van der Waals surface area (Å²) >= 11 is 1.37. The van der Waals surface area contributed by atoms with E-state index in [4.69, 9.17) is 0 Å². The minimum Gasteiger partial charge on any atom is -0.465 e. The normalized spacial score (nSPS) is 13.5. The van der Waals surface area contributed by atoms with E-state index in [0.29, 0.717) is 17.2 Å². The summed E-state index contributed by atoms with van der Waals surface area (Å²) in [6, 6.07) is 6.66. The predicted molar refractivity (Wildman–Crippen MR) is 94.8 cm³/mol. The Morgan fingerprint density at radius 2 is 2.16 bits per heavy atom. The summed E-state index contributed by atoms with van der Waals surface area (Å²) < 4.78 is 6.76. The Kier molecular flexibility index (Phi) is 5.37. The number of nitrogens with one attached hydrogen (secondary N) is 1. The quantitative estimate of drug-likeness (QED) is 0.603. The van der Waals surface area contributed by atoms with E-state index < -0.39 is 5.97 Å². The van der Waals surface area contributed by atoms with Gasteiger partial charge in [-0.25, -0.2) is 4.79 Å². The summed E-state index contributed by atoms with van der Waals surface area (Å²) in [5.74, 6) is 1.18. The third kappa shape index (κ3) is 4.19. The number of carbonyl (C=O) groups is 2. The first-order valence-electron chi connectivity index (χ1n) is 8.16. The molecule has 0 bridgehead atoms. The minimum atomic E-state index is -0.436. The van der Waals surface area contributed by atoms with E-state index >= 15 is 0 Å². The first kappa shape index (κ1) is 17.5. The monoisotopic (exact) mass is 360 g/mol. The van der Waals surface area contributed by atoms with Crippen LogP contribution in [0.1, 0.15) is 41.9 Å². The van der Waals surface area contributed by atoms with Gasteiger partial charge in [0.15, 0.2) is 5.16 Å². The van der Waals surface area contributed by atoms with Gasteiger partial charge < -0.3 is 14.6 Å². The van der Waals surface area contributed by atoms with E-state index in [9.17, 15) is 9.59 Å². The molecule has 2 aromatic rings.